The van der Waals surface area contributed by atoms with Crippen molar-refractivity contribution in [3.63, 3.8) is 0 Å². The molecule has 27 heavy (non-hydrogen) atoms. The Bertz CT molecular complexity index is 802. The molecule has 1 aliphatic carbocycles. The van der Waals surface area contributed by atoms with E-state index in [0.717, 1.165) is 25.7 Å². The van der Waals surface area contributed by atoms with Crippen molar-refractivity contribution in [3.05, 3.63) is 42.0 Å². The quantitative estimate of drug-likeness (QED) is 0.569. The summed E-state index contributed by atoms with van der Waals surface area (Å²) < 4.78 is 24.6. The Balaban J connectivity index is 1.58. The van der Waals surface area contributed by atoms with E-state index in [1.807, 2.05) is 0 Å². The van der Waals surface area contributed by atoms with E-state index in [0.29, 0.717) is 30.0 Å². The number of hydrogen-bond acceptors (Lipinski definition) is 6. The van der Waals surface area contributed by atoms with E-state index >= 15 is 0 Å². The van der Waals surface area contributed by atoms with E-state index in [1.54, 1.807) is 13.0 Å². The van der Waals surface area contributed by atoms with Crippen LogP contribution in [0.5, 0.6) is 5.88 Å². The molecule has 0 spiro atoms. The van der Waals surface area contributed by atoms with Gasteiger partial charge in [0.2, 0.25) is 5.88 Å². The average molecular weight is 372 g/mol. The minimum absolute atomic E-state index is 0.00471. The first-order valence-electron chi connectivity index (χ1n) is 9.01. The molecule has 142 valence electrons. The van der Waals surface area contributed by atoms with Crippen LogP contribution in [-0.4, -0.2) is 34.9 Å². The fourth-order valence-corrected chi connectivity index (χ4v) is 3.16. The number of esters is 1. The van der Waals surface area contributed by atoms with E-state index in [9.17, 15) is 14.0 Å². The lowest BCUT2D eigenvalue weighted by Gasteiger charge is -2.27. The predicted molar refractivity (Wildman–Crippen MR) is 95.8 cm³/mol. The summed E-state index contributed by atoms with van der Waals surface area (Å²) in [6.07, 6.45) is 6.44. The number of benzene rings is 1. The number of aromatic nitrogens is 2. The zero-order valence-corrected chi connectivity index (χ0v) is 15.1. The van der Waals surface area contributed by atoms with Crippen LogP contribution in [0.3, 0.4) is 0 Å². The molecule has 1 aromatic carbocycles. The second-order valence-corrected chi connectivity index (χ2v) is 6.44. The zero-order chi connectivity index (χ0) is 19.2. The number of aldehydes is 1. The molecule has 0 radical (unpaired) electrons. The van der Waals surface area contributed by atoms with Gasteiger partial charge < -0.3 is 9.47 Å². The van der Waals surface area contributed by atoms with Gasteiger partial charge in [0.25, 0.3) is 0 Å². The maximum atomic E-state index is 13.7. The first-order valence-corrected chi connectivity index (χ1v) is 9.01. The summed E-state index contributed by atoms with van der Waals surface area (Å²) in [6, 6.07) is 4.28. The van der Waals surface area contributed by atoms with E-state index in [-0.39, 0.29) is 23.6 Å². The molecule has 3 rings (SSSR count). The molecule has 1 saturated carbocycles. The third kappa shape index (κ3) is 4.67. The zero-order valence-electron chi connectivity index (χ0n) is 15.1. The van der Waals surface area contributed by atoms with Crippen LogP contribution in [0.2, 0.25) is 0 Å². The van der Waals surface area contributed by atoms with E-state index in [1.165, 1.54) is 24.5 Å². The van der Waals surface area contributed by atoms with Crippen LogP contribution in [0.1, 0.15) is 43.0 Å². The maximum absolute atomic E-state index is 13.7. The van der Waals surface area contributed by atoms with Crippen molar-refractivity contribution < 1.29 is 23.5 Å². The maximum Gasteiger partial charge on any atom is 0.308 e. The molecule has 1 aromatic heterocycles. The molecule has 0 aliphatic heterocycles. The number of halogens is 1. The molecular weight excluding hydrogens is 351 g/mol. The van der Waals surface area contributed by atoms with Gasteiger partial charge in [0.15, 0.2) is 6.29 Å². The van der Waals surface area contributed by atoms with Crippen molar-refractivity contribution in [1.82, 2.24) is 9.97 Å². The van der Waals surface area contributed by atoms with E-state index in [4.69, 9.17) is 9.47 Å². The van der Waals surface area contributed by atoms with Gasteiger partial charge in [-0.05, 0) is 44.7 Å². The van der Waals surface area contributed by atoms with Gasteiger partial charge in [-0.25, -0.2) is 14.4 Å². The highest BCUT2D eigenvalue weighted by Crippen LogP contribution is 2.28. The van der Waals surface area contributed by atoms with Gasteiger partial charge in [-0.2, -0.15) is 0 Å². The third-order valence-electron chi connectivity index (χ3n) is 4.63. The number of rotatable bonds is 6. The van der Waals surface area contributed by atoms with Gasteiger partial charge in [0.1, 0.15) is 11.9 Å². The summed E-state index contributed by atoms with van der Waals surface area (Å²) >= 11 is 0. The van der Waals surface area contributed by atoms with Gasteiger partial charge in [0, 0.05) is 5.56 Å². The van der Waals surface area contributed by atoms with Crippen molar-refractivity contribution in [1.29, 1.82) is 0 Å². The number of hydrogen-bond donors (Lipinski definition) is 0. The van der Waals surface area contributed by atoms with Crippen LogP contribution in [0.25, 0.3) is 11.3 Å². The second-order valence-electron chi connectivity index (χ2n) is 6.44. The van der Waals surface area contributed by atoms with E-state index in [2.05, 4.69) is 9.97 Å². The smallest absolute Gasteiger partial charge is 0.308 e. The standard InChI is InChI=1S/C20H21FN2O4/c1-2-26-20(25)13-5-7-16(8-6-13)27-19-11-22-18(10-23-19)14-3-4-15(12-24)17(21)9-14/h3-4,9-13,16H,2,5-8H2,1H3/t13-,16-. The van der Waals surface area contributed by atoms with Gasteiger partial charge in [0.05, 0.1) is 36.2 Å². The summed E-state index contributed by atoms with van der Waals surface area (Å²) in [6.45, 7) is 2.21. The summed E-state index contributed by atoms with van der Waals surface area (Å²) in [5.41, 5.74) is 1.03. The minimum atomic E-state index is -0.594. The highest BCUT2D eigenvalue weighted by Gasteiger charge is 2.28. The molecule has 0 amide bonds. The Morgan fingerprint density at radius 3 is 2.59 bits per heavy atom. The molecule has 0 unspecified atom stereocenters. The Morgan fingerprint density at radius 2 is 2.00 bits per heavy atom. The molecule has 0 saturated heterocycles. The largest absolute Gasteiger partial charge is 0.473 e. The molecule has 0 bridgehead atoms. The third-order valence-corrected chi connectivity index (χ3v) is 4.63. The van der Waals surface area contributed by atoms with Crippen molar-refractivity contribution in [3.8, 4) is 17.1 Å². The Labute approximate surface area is 156 Å². The van der Waals surface area contributed by atoms with Gasteiger partial charge in [-0.3, -0.25) is 9.59 Å². The van der Waals surface area contributed by atoms with Crippen LogP contribution in [0.15, 0.2) is 30.6 Å². The molecule has 0 N–H and O–H groups in total. The SMILES string of the molecule is CCOC(=O)[C@H]1CC[C@H](Oc2cnc(-c3ccc(C=O)c(F)c3)cn2)CC1. The van der Waals surface area contributed by atoms with Crippen molar-refractivity contribution in [2.75, 3.05) is 6.61 Å². The molecule has 7 heteroatoms. The lowest BCUT2D eigenvalue weighted by Crippen LogP contribution is -2.29. The van der Waals surface area contributed by atoms with Crippen LogP contribution >= 0.6 is 0 Å². The second kappa shape index (κ2) is 8.70. The number of nitrogens with zero attached hydrogens (tertiary/aromatic N) is 2. The van der Waals surface area contributed by atoms with Crippen molar-refractivity contribution >= 4 is 12.3 Å². The minimum Gasteiger partial charge on any atom is -0.473 e. The topological polar surface area (TPSA) is 78.4 Å². The molecule has 1 heterocycles. The summed E-state index contributed by atoms with van der Waals surface area (Å²) in [5, 5.41) is 0. The first-order chi connectivity index (χ1) is 13.1. The van der Waals surface area contributed by atoms with Gasteiger partial charge in [-0.1, -0.05) is 6.07 Å². The van der Waals surface area contributed by atoms with Gasteiger partial charge >= 0.3 is 5.97 Å². The molecule has 1 aliphatic rings. The highest BCUT2D eigenvalue weighted by atomic mass is 19.1. The van der Waals surface area contributed by atoms with Crippen LogP contribution in [0.4, 0.5) is 4.39 Å². The number of carbonyl (C=O) groups excluding carboxylic acids is 2. The normalized spacial score (nSPS) is 19.3. The Hall–Kier alpha value is -2.83. The summed E-state index contributed by atoms with van der Waals surface area (Å²) in [5.74, 6) is -0.387. The number of carbonyl (C=O) groups is 2. The van der Waals surface area contributed by atoms with Crippen LogP contribution in [0, 0.1) is 11.7 Å². The Morgan fingerprint density at radius 1 is 1.22 bits per heavy atom. The number of ether oxygens (including phenoxy) is 2. The van der Waals surface area contributed by atoms with Crippen molar-refractivity contribution in [2.24, 2.45) is 5.92 Å². The van der Waals surface area contributed by atoms with Crippen LogP contribution in [-0.2, 0) is 9.53 Å². The highest BCUT2D eigenvalue weighted by molar-refractivity contribution is 5.77. The predicted octanol–water partition coefficient (Wildman–Crippen LogP) is 3.60. The fourth-order valence-electron chi connectivity index (χ4n) is 3.16. The summed E-state index contributed by atoms with van der Waals surface area (Å²) in [4.78, 5) is 31.0. The lowest BCUT2D eigenvalue weighted by molar-refractivity contribution is -0.149. The van der Waals surface area contributed by atoms with Gasteiger partial charge in [-0.15, -0.1) is 0 Å². The molecule has 0 atom stereocenters. The first kappa shape index (κ1) is 18.9. The fraction of sp³-hybridized carbons (Fsp3) is 0.400. The monoisotopic (exact) mass is 372 g/mol. The molecular formula is C20H21FN2O4. The average Bonchev–Trinajstić information content (AvgIpc) is 2.69. The Kier molecular flexibility index (Phi) is 6.11. The molecule has 2 aromatic rings. The van der Waals surface area contributed by atoms with E-state index < -0.39 is 5.82 Å². The van der Waals surface area contributed by atoms with Crippen molar-refractivity contribution in [2.45, 2.75) is 38.7 Å². The molecule has 1 fully saturated rings. The summed E-state index contributed by atoms with van der Waals surface area (Å²) in [7, 11) is 0. The molecule has 6 nitrogen and oxygen atoms in total. The lowest BCUT2D eigenvalue weighted by atomic mass is 9.87. The van der Waals surface area contributed by atoms with Crippen LogP contribution < -0.4 is 4.74 Å².